The number of nitrogens with one attached hydrogen (secondary N) is 2. The standard InChI is InChI=1S/C27H37N5O3/c33-23(17-31-13-12-19-6-4-5-9-21(19)15-31)14-28-27(35)24-18-32-16-22(10-11-25(32)30-24)29-26(34)20-7-2-1-3-8-20/h4-6,9,18,20,22-23,33H,1-3,7-8,10-17H2,(H,28,35)(H,29,34)/t22?,23-/m0/s1. The summed E-state index contributed by atoms with van der Waals surface area (Å²) in [5.74, 6) is 0.950. The number of aryl methyl sites for hydroxylation is 1. The van der Waals surface area contributed by atoms with E-state index in [0.717, 1.165) is 63.9 Å². The molecule has 0 saturated heterocycles. The molecule has 2 aromatic rings. The highest BCUT2D eigenvalue weighted by molar-refractivity contribution is 5.92. The van der Waals surface area contributed by atoms with E-state index in [1.54, 1.807) is 6.20 Å². The summed E-state index contributed by atoms with van der Waals surface area (Å²) in [5, 5.41) is 16.6. The molecule has 3 N–H and O–H groups in total. The maximum atomic E-state index is 12.7. The Labute approximate surface area is 207 Å². The zero-order valence-electron chi connectivity index (χ0n) is 20.4. The fourth-order valence-corrected chi connectivity index (χ4v) is 5.73. The monoisotopic (exact) mass is 479 g/mol. The minimum Gasteiger partial charge on any atom is -0.390 e. The van der Waals surface area contributed by atoms with Gasteiger partial charge in [0.25, 0.3) is 5.91 Å². The van der Waals surface area contributed by atoms with Crippen LogP contribution in [0.3, 0.4) is 0 Å². The summed E-state index contributed by atoms with van der Waals surface area (Å²) in [7, 11) is 0. The Kier molecular flexibility index (Phi) is 7.48. The molecule has 0 bridgehead atoms. The Morgan fingerprint density at radius 1 is 1.09 bits per heavy atom. The highest BCUT2D eigenvalue weighted by Gasteiger charge is 2.27. The average Bonchev–Trinajstić information content (AvgIpc) is 3.31. The van der Waals surface area contributed by atoms with Crippen molar-refractivity contribution in [1.82, 2.24) is 25.1 Å². The maximum absolute atomic E-state index is 12.7. The van der Waals surface area contributed by atoms with Crippen LogP contribution in [0.25, 0.3) is 0 Å². The molecule has 2 aliphatic heterocycles. The van der Waals surface area contributed by atoms with Crippen LogP contribution < -0.4 is 10.6 Å². The predicted molar refractivity (Wildman–Crippen MR) is 133 cm³/mol. The third kappa shape index (κ3) is 5.93. The summed E-state index contributed by atoms with van der Waals surface area (Å²) in [4.78, 5) is 32.1. The van der Waals surface area contributed by atoms with Crippen LogP contribution >= 0.6 is 0 Å². The topological polar surface area (TPSA) is 99.5 Å². The van der Waals surface area contributed by atoms with E-state index in [-0.39, 0.29) is 30.3 Å². The van der Waals surface area contributed by atoms with E-state index >= 15 is 0 Å². The van der Waals surface area contributed by atoms with E-state index in [1.165, 1.54) is 17.5 Å². The number of β-amino-alcohol motifs (C(OH)–C–C–N with tert-alkyl or cyclic N) is 1. The Morgan fingerprint density at radius 2 is 1.89 bits per heavy atom. The molecule has 0 spiro atoms. The van der Waals surface area contributed by atoms with E-state index in [4.69, 9.17) is 0 Å². The molecular formula is C27H37N5O3. The van der Waals surface area contributed by atoms with Crippen LogP contribution in [0.5, 0.6) is 0 Å². The predicted octanol–water partition coefficient (Wildman–Crippen LogP) is 2.04. The molecule has 1 aliphatic carbocycles. The Bertz CT molecular complexity index is 1050. The molecule has 1 aromatic carbocycles. The first kappa shape index (κ1) is 24.0. The highest BCUT2D eigenvalue weighted by atomic mass is 16.3. The lowest BCUT2D eigenvalue weighted by Gasteiger charge is -2.30. The van der Waals surface area contributed by atoms with E-state index < -0.39 is 6.10 Å². The quantitative estimate of drug-likeness (QED) is 0.565. The number of carbonyl (C=O) groups excluding carboxylic acids is 2. The molecule has 2 atom stereocenters. The van der Waals surface area contributed by atoms with Gasteiger partial charge in [-0.05, 0) is 36.8 Å². The number of carbonyl (C=O) groups is 2. The summed E-state index contributed by atoms with van der Waals surface area (Å²) in [6.45, 7) is 3.10. The summed E-state index contributed by atoms with van der Waals surface area (Å²) >= 11 is 0. The van der Waals surface area contributed by atoms with Gasteiger partial charge in [-0.1, -0.05) is 43.5 Å². The molecule has 5 rings (SSSR count). The number of imidazole rings is 1. The number of rotatable bonds is 7. The van der Waals surface area contributed by atoms with E-state index in [1.807, 2.05) is 4.57 Å². The van der Waals surface area contributed by atoms with Crippen molar-refractivity contribution in [3.05, 3.63) is 53.1 Å². The number of hydrogen-bond acceptors (Lipinski definition) is 5. The van der Waals surface area contributed by atoms with Crippen molar-refractivity contribution in [2.75, 3.05) is 19.6 Å². The lowest BCUT2D eigenvalue weighted by Crippen LogP contribution is -2.43. The number of aliphatic hydroxyl groups is 1. The Hall–Kier alpha value is -2.71. The number of nitrogens with zero attached hydrogens (tertiary/aromatic N) is 3. The molecular weight excluding hydrogens is 442 g/mol. The minimum absolute atomic E-state index is 0.0820. The van der Waals surface area contributed by atoms with Crippen molar-refractivity contribution in [2.45, 2.75) is 76.6 Å². The maximum Gasteiger partial charge on any atom is 0.271 e. The van der Waals surface area contributed by atoms with Crippen LogP contribution in [0.15, 0.2) is 30.5 Å². The SMILES string of the molecule is O=C(NC[C@H](O)CN1CCc2ccccc2C1)c1cn2c(n1)CCC(NC(=O)C1CCCCC1)C2. The summed E-state index contributed by atoms with van der Waals surface area (Å²) < 4.78 is 1.99. The van der Waals surface area contributed by atoms with E-state index in [2.05, 4.69) is 44.8 Å². The van der Waals surface area contributed by atoms with E-state index in [9.17, 15) is 14.7 Å². The van der Waals surface area contributed by atoms with E-state index in [0.29, 0.717) is 18.8 Å². The van der Waals surface area contributed by atoms with Crippen LogP contribution in [0.4, 0.5) is 0 Å². The third-order valence-corrected chi connectivity index (χ3v) is 7.72. The fourth-order valence-electron chi connectivity index (χ4n) is 5.73. The van der Waals surface area contributed by atoms with Gasteiger partial charge in [0.2, 0.25) is 5.91 Å². The molecule has 0 radical (unpaired) electrons. The summed E-state index contributed by atoms with van der Waals surface area (Å²) in [6, 6.07) is 8.51. The van der Waals surface area contributed by atoms with Crippen LogP contribution in [-0.2, 0) is 30.7 Å². The number of fused-ring (bicyclic) bond motifs is 2. The zero-order chi connectivity index (χ0) is 24.2. The molecule has 8 heteroatoms. The smallest absolute Gasteiger partial charge is 0.271 e. The number of aromatic nitrogens is 2. The van der Waals surface area contributed by atoms with Gasteiger partial charge in [0.1, 0.15) is 11.5 Å². The molecule has 1 fully saturated rings. The second kappa shape index (κ2) is 10.9. The molecule has 1 saturated carbocycles. The van der Waals surface area contributed by atoms with Crippen molar-refractivity contribution in [3.8, 4) is 0 Å². The summed E-state index contributed by atoms with van der Waals surface area (Å²) in [5.41, 5.74) is 3.07. The first-order valence-electron chi connectivity index (χ1n) is 13.2. The van der Waals surface area contributed by atoms with Crippen molar-refractivity contribution >= 4 is 11.8 Å². The number of aliphatic hydroxyl groups excluding tert-OH is 1. The van der Waals surface area contributed by atoms with Gasteiger partial charge in [0.15, 0.2) is 0 Å². The molecule has 1 aromatic heterocycles. The molecule has 1 unspecified atom stereocenters. The Balaban J connectivity index is 1.08. The molecule has 8 nitrogen and oxygen atoms in total. The van der Waals surface area contributed by atoms with Crippen LogP contribution in [0.2, 0.25) is 0 Å². The van der Waals surface area contributed by atoms with Crippen LogP contribution in [-0.4, -0.2) is 63.2 Å². The zero-order valence-corrected chi connectivity index (χ0v) is 20.4. The van der Waals surface area contributed by atoms with Crippen molar-refractivity contribution in [2.24, 2.45) is 5.92 Å². The van der Waals surface area contributed by atoms with Gasteiger partial charge >= 0.3 is 0 Å². The van der Waals surface area contributed by atoms with Crippen molar-refractivity contribution in [3.63, 3.8) is 0 Å². The molecule has 3 aliphatic rings. The van der Waals surface area contributed by atoms with Gasteiger partial charge in [-0.2, -0.15) is 0 Å². The molecule has 188 valence electrons. The number of amides is 2. The molecule has 35 heavy (non-hydrogen) atoms. The lowest BCUT2D eigenvalue weighted by atomic mass is 9.88. The lowest BCUT2D eigenvalue weighted by molar-refractivity contribution is -0.126. The van der Waals surface area contributed by atoms with Crippen LogP contribution in [0.1, 0.15) is 66.0 Å². The van der Waals surface area contributed by atoms with Gasteiger partial charge in [-0.25, -0.2) is 4.98 Å². The second-order valence-electron chi connectivity index (χ2n) is 10.4. The Morgan fingerprint density at radius 3 is 2.71 bits per heavy atom. The van der Waals surface area contributed by atoms with Crippen LogP contribution in [0, 0.1) is 5.92 Å². The highest BCUT2D eigenvalue weighted by Crippen LogP contribution is 2.24. The molecule has 2 amide bonds. The van der Waals surface area contributed by atoms with Gasteiger partial charge in [-0.3, -0.25) is 14.5 Å². The van der Waals surface area contributed by atoms with Crippen molar-refractivity contribution in [1.29, 1.82) is 0 Å². The van der Waals surface area contributed by atoms with Crippen molar-refractivity contribution < 1.29 is 14.7 Å². The molecule has 3 heterocycles. The normalized spacial score (nSPS) is 21.6. The first-order valence-corrected chi connectivity index (χ1v) is 13.2. The first-order chi connectivity index (χ1) is 17.0. The van der Waals surface area contributed by atoms with Gasteiger partial charge in [0, 0.05) is 57.3 Å². The minimum atomic E-state index is -0.638. The second-order valence-corrected chi connectivity index (χ2v) is 10.4. The summed E-state index contributed by atoms with van der Waals surface area (Å²) in [6.07, 6.45) is 9.22. The fraction of sp³-hybridized carbons (Fsp3) is 0.593. The number of benzene rings is 1. The van der Waals surface area contributed by atoms with Gasteiger partial charge in [-0.15, -0.1) is 0 Å². The third-order valence-electron chi connectivity index (χ3n) is 7.72. The average molecular weight is 480 g/mol. The largest absolute Gasteiger partial charge is 0.390 e. The number of hydrogen-bond donors (Lipinski definition) is 3. The van der Waals surface area contributed by atoms with Gasteiger partial charge in [0.05, 0.1) is 6.10 Å². The van der Waals surface area contributed by atoms with Gasteiger partial charge < -0.3 is 20.3 Å².